The van der Waals surface area contributed by atoms with Gasteiger partial charge in [0.05, 0.1) is 12.8 Å². The van der Waals surface area contributed by atoms with Crippen LogP contribution in [0.25, 0.3) is 0 Å². The van der Waals surface area contributed by atoms with E-state index in [0.29, 0.717) is 5.76 Å². The van der Waals surface area contributed by atoms with E-state index in [1.807, 2.05) is 0 Å². The molecule has 2 heterocycles. The van der Waals surface area contributed by atoms with Gasteiger partial charge in [0.25, 0.3) is 0 Å². The molecular formula is C12H11F2N3O3. The Morgan fingerprint density at radius 3 is 2.95 bits per heavy atom. The zero-order valence-electron chi connectivity index (χ0n) is 10.2. The fourth-order valence-corrected chi connectivity index (χ4v) is 1.41. The summed E-state index contributed by atoms with van der Waals surface area (Å²) in [4.78, 5) is 15.4. The summed E-state index contributed by atoms with van der Waals surface area (Å²) in [7, 11) is 0. The first-order valence-corrected chi connectivity index (χ1v) is 5.62. The summed E-state index contributed by atoms with van der Waals surface area (Å²) >= 11 is 0. The van der Waals surface area contributed by atoms with Crippen LogP contribution < -0.4 is 15.4 Å². The molecule has 0 unspecified atom stereocenters. The van der Waals surface area contributed by atoms with Gasteiger partial charge in [-0.25, -0.2) is 9.78 Å². The highest BCUT2D eigenvalue weighted by atomic mass is 19.3. The third-order valence-corrected chi connectivity index (χ3v) is 2.22. The third-order valence-electron chi connectivity index (χ3n) is 2.22. The van der Waals surface area contributed by atoms with Crippen molar-refractivity contribution < 1.29 is 22.7 Å². The third kappa shape index (κ3) is 3.94. The summed E-state index contributed by atoms with van der Waals surface area (Å²) in [5.41, 5.74) is 0. The van der Waals surface area contributed by atoms with Gasteiger partial charge in [0.1, 0.15) is 5.76 Å². The largest absolute Gasteiger partial charge is 0.467 e. The van der Waals surface area contributed by atoms with Gasteiger partial charge in [-0.15, -0.1) is 0 Å². The van der Waals surface area contributed by atoms with Gasteiger partial charge in [-0.2, -0.15) is 8.78 Å². The van der Waals surface area contributed by atoms with Crippen molar-refractivity contribution >= 4 is 11.8 Å². The lowest BCUT2D eigenvalue weighted by Gasteiger charge is -2.10. The highest BCUT2D eigenvalue weighted by molar-refractivity contribution is 5.89. The summed E-state index contributed by atoms with van der Waals surface area (Å²) in [6, 6.07) is 5.46. The Labute approximate surface area is 112 Å². The Hall–Kier alpha value is -2.64. The zero-order chi connectivity index (χ0) is 14.4. The average molecular weight is 283 g/mol. The lowest BCUT2D eigenvalue weighted by molar-refractivity contribution is -0.0495. The second-order valence-electron chi connectivity index (χ2n) is 3.62. The Kier molecular flexibility index (Phi) is 4.48. The number of ether oxygens (including phenoxy) is 1. The molecule has 2 amide bonds. The summed E-state index contributed by atoms with van der Waals surface area (Å²) in [5, 5.41) is 4.80. The van der Waals surface area contributed by atoms with Crippen molar-refractivity contribution in [2.24, 2.45) is 0 Å². The highest BCUT2D eigenvalue weighted by Gasteiger charge is 2.12. The number of carbonyl (C=O) groups excluding carboxylic acids is 1. The van der Waals surface area contributed by atoms with Crippen LogP contribution >= 0.6 is 0 Å². The fraction of sp³-hybridized carbons (Fsp3) is 0.167. The normalized spacial score (nSPS) is 10.3. The van der Waals surface area contributed by atoms with Crippen molar-refractivity contribution in [1.29, 1.82) is 0 Å². The van der Waals surface area contributed by atoms with Crippen LogP contribution in [0.1, 0.15) is 5.76 Å². The first-order chi connectivity index (χ1) is 9.65. The minimum atomic E-state index is -2.99. The molecule has 0 atom stereocenters. The number of halogens is 2. The molecule has 6 nitrogen and oxygen atoms in total. The first kappa shape index (κ1) is 13.8. The van der Waals surface area contributed by atoms with Crippen LogP contribution in [0.2, 0.25) is 0 Å². The predicted octanol–water partition coefficient (Wildman–Crippen LogP) is 2.60. The summed E-state index contributed by atoms with van der Waals surface area (Å²) in [6.07, 6.45) is 2.82. The Bertz CT molecular complexity index is 561. The molecule has 2 rings (SSSR count). The summed E-state index contributed by atoms with van der Waals surface area (Å²) < 4.78 is 33.6. The molecule has 2 N–H and O–H groups in total. The molecule has 0 aliphatic rings. The molecule has 0 aliphatic carbocycles. The lowest BCUT2D eigenvalue weighted by Crippen LogP contribution is -2.28. The Balaban J connectivity index is 1.93. The smallest absolute Gasteiger partial charge is 0.387 e. The van der Waals surface area contributed by atoms with E-state index in [1.54, 1.807) is 12.1 Å². The van der Waals surface area contributed by atoms with Crippen LogP contribution in [-0.4, -0.2) is 17.6 Å². The van der Waals surface area contributed by atoms with E-state index >= 15 is 0 Å². The van der Waals surface area contributed by atoms with Crippen molar-refractivity contribution in [2.75, 3.05) is 5.32 Å². The molecule has 0 bridgehead atoms. The van der Waals surface area contributed by atoms with Crippen molar-refractivity contribution in [3.8, 4) is 5.75 Å². The maximum atomic E-state index is 12.2. The van der Waals surface area contributed by atoms with Crippen molar-refractivity contribution in [3.63, 3.8) is 0 Å². The molecule has 2 aromatic heterocycles. The number of amides is 2. The molecule has 8 heteroatoms. The van der Waals surface area contributed by atoms with Crippen molar-refractivity contribution in [3.05, 3.63) is 42.5 Å². The standard InChI is InChI=1S/C12H11F2N3O3/c13-11(14)20-9-4-1-5-15-10(9)17-12(18)16-7-8-3-2-6-19-8/h1-6,11H,7H2,(H2,15,16,17,18). The molecule has 0 fully saturated rings. The van der Waals surface area contributed by atoms with E-state index in [4.69, 9.17) is 4.42 Å². The van der Waals surface area contributed by atoms with Crippen LogP contribution in [0.3, 0.4) is 0 Å². The summed E-state index contributed by atoms with van der Waals surface area (Å²) in [6.45, 7) is -2.83. The number of furan rings is 1. The Morgan fingerprint density at radius 2 is 2.25 bits per heavy atom. The minimum Gasteiger partial charge on any atom is -0.467 e. The molecular weight excluding hydrogens is 272 g/mol. The number of rotatable bonds is 5. The topological polar surface area (TPSA) is 76.4 Å². The summed E-state index contributed by atoms with van der Waals surface area (Å²) in [5.74, 6) is 0.255. The molecule has 20 heavy (non-hydrogen) atoms. The van der Waals surface area contributed by atoms with Gasteiger partial charge in [0.15, 0.2) is 11.6 Å². The van der Waals surface area contributed by atoms with Gasteiger partial charge in [0.2, 0.25) is 0 Å². The lowest BCUT2D eigenvalue weighted by atomic mass is 10.4. The Morgan fingerprint density at radius 1 is 1.40 bits per heavy atom. The highest BCUT2D eigenvalue weighted by Crippen LogP contribution is 2.22. The van der Waals surface area contributed by atoms with E-state index in [-0.39, 0.29) is 18.1 Å². The predicted molar refractivity (Wildman–Crippen MR) is 65.4 cm³/mol. The van der Waals surface area contributed by atoms with Gasteiger partial charge in [-0.3, -0.25) is 5.32 Å². The molecule has 0 aliphatic heterocycles. The maximum Gasteiger partial charge on any atom is 0.387 e. The van der Waals surface area contributed by atoms with Gasteiger partial charge >= 0.3 is 12.6 Å². The van der Waals surface area contributed by atoms with E-state index < -0.39 is 12.6 Å². The average Bonchev–Trinajstić information content (AvgIpc) is 2.91. The number of pyridine rings is 1. The first-order valence-electron chi connectivity index (χ1n) is 5.62. The number of aromatic nitrogens is 1. The van der Waals surface area contributed by atoms with E-state index in [2.05, 4.69) is 20.4 Å². The van der Waals surface area contributed by atoms with Crippen LogP contribution in [0.5, 0.6) is 5.75 Å². The van der Waals surface area contributed by atoms with Gasteiger partial charge in [-0.05, 0) is 24.3 Å². The molecule has 0 saturated carbocycles. The molecule has 0 aromatic carbocycles. The SMILES string of the molecule is O=C(NCc1ccco1)Nc1ncccc1OC(F)F. The number of hydrogen-bond acceptors (Lipinski definition) is 4. The van der Waals surface area contributed by atoms with E-state index in [0.717, 1.165) is 0 Å². The number of carbonyl (C=O) groups is 1. The van der Waals surface area contributed by atoms with Crippen LogP contribution in [0.4, 0.5) is 19.4 Å². The maximum absolute atomic E-state index is 12.2. The molecule has 2 aromatic rings. The quantitative estimate of drug-likeness (QED) is 0.884. The fourth-order valence-electron chi connectivity index (χ4n) is 1.41. The zero-order valence-corrected chi connectivity index (χ0v) is 10.2. The van der Waals surface area contributed by atoms with Crippen molar-refractivity contribution in [2.45, 2.75) is 13.2 Å². The van der Waals surface area contributed by atoms with E-state index in [1.165, 1.54) is 24.6 Å². The van der Waals surface area contributed by atoms with Gasteiger partial charge in [-0.1, -0.05) is 0 Å². The van der Waals surface area contributed by atoms with Crippen molar-refractivity contribution in [1.82, 2.24) is 10.3 Å². The minimum absolute atomic E-state index is 0.0928. The number of urea groups is 1. The number of hydrogen-bond donors (Lipinski definition) is 2. The molecule has 0 radical (unpaired) electrons. The number of anilines is 1. The van der Waals surface area contributed by atoms with Crippen LogP contribution in [-0.2, 0) is 6.54 Å². The molecule has 0 saturated heterocycles. The molecule has 0 spiro atoms. The van der Waals surface area contributed by atoms with E-state index in [9.17, 15) is 13.6 Å². The monoisotopic (exact) mass is 283 g/mol. The second-order valence-corrected chi connectivity index (χ2v) is 3.62. The van der Waals surface area contributed by atoms with Gasteiger partial charge in [0, 0.05) is 6.20 Å². The number of alkyl halides is 2. The van der Waals surface area contributed by atoms with Crippen LogP contribution in [0.15, 0.2) is 41.1 Å². The number of nitrogens with one attached hydrogen (secondary N) is 2. The molecule has 106 valence electrons. The van der Waals surface area contributed by atoms with Crippen LogP contribution in [0, 0.1) is 0 Å². The number of nitrogens with zero attached hydrogens (tertiary/aromatic N) is 1. The second kappa shape index (κ2) is 6.50. The van der Waals surface area contributed by atoms with Gasteiger partial charge < -0.3 is 14.5 Å².